The molecule has 0 saturated carbocycles. The maximum atomic E-state index is 11.5. The third-order valence-electron chi connectivity index (χ3n) is 4.57. The minimum absolute atomic E-state index is 0.197. The number of carbonyl (C=O) groups is 1. The molecule has 0 amide bonds. The smallest absolute Gasteiger partial charge is 0.308 e. The van der Waals surface area contributed by atoms with Gasteiger partial charge in [0.05, 0.1) is 13.5 Å². The molecule has 0 radical (unpaired) electrons. The van der Waals surface area contributed by atoms with Crippen molar-refractivity contribution >= 4 is 5.97 Å². The Morgan fingerprint density at radius 1 is 1.41 bits per heavy atom. The van der Waals surface area contributed by atoms with Crippen LogP contribution in [-0.4, -0.2) is 24.8 Å². The van der Waals surface area contributed by atoms with Gasteiger partial charge in [0.2, 0.25) is 0 Å². The SMILES string of the molecule is CC/C=C/C(CC)CC1(C)CC(CC)C(CC(=O)OC)OO1. The Morgan fingerprint density at radius 2 is 2.14 bits per heavy atom. The van der Waals surface area contributed by atoms with Crippen LogP contribution in [0.5, 0.6) is 0 Å². The molecule has 0 aromatic rings. The zero-order chi connectivity index (χ0) is 16.6. The van der Waals surface area contributed by atoms with Gasteiger partial charge >= 0.3 is 5.97 Å². The van der Waals surface area contributed by atoms with Crippen LogP contribution in [-0.2, 0) is 19.3 Å². The summed E-state index contributed by atoms with van der Waals surface area (Å²) in [7, 11) is 1.41. The molecule has 0 N–H and O–H groups in total. The molecule has 1 rings (SSSR count). The molecule has 4 heteroatoms. The molecule has 0 aromatic heterocycles. The Hall–Kier alpha value is -0.870. The van der Waals surface area contributed by atoms with E-state index in [9.17, 15) is 4.79 Å². The summed E-state index contributed by atoms with van der Waals surface area (Å²) in [6, 6.07) is 0. The molecule has 22 heavy (non-hydrogen) atoms. The molecule has 1 fully saturated rings. The lowest BCUT2D eigenvalue weighted by Gasteiger charge is -2.42. The van der Waals surface area contributed by atoms with E-state index in [1.165, 1.54) is 7.11 Å². The number of hydrogen-bond acceptors (Lipinski definition) is 4. The van der Waals surface area contributed by atoms with Crippen molar-refractivity contribution in [3.63, 3.8) is 0 Å². The second-order valence-corrected chi connectivity index (χ2v) is 6.53. The molecule has 0 bridgehead atoms. The zero-order valence-corrected chi connectivity index (χ0v) is 14.8. The summed E-state index contributed by atoms with van der Waals surface area (Å²) in [5.41, 5.74) is -0.286. The fourth-order valence-electron chi connectivity index (χ4n) is 3.18. The summed E-state index contributed by atoms with van der Waals surface area (Å²) in [6.07, 6.45) is 9.57. The Balaban J connectivity index is 2.66. The van der Waals surface area contributed by atoms with Crippen molar-refractivity contribution in [2.45, 2.75) is 77.9 Å². The van der Waals surface area contributed by atoms with E-state index < -0.39 is 0 Å². The number of esters is 1. The average molecular weight is 312 g/mol. The number of carbonyl (C=O) groups excluding carboxylic acids is 1. The number of rotatable bonds is 8. The van der Waals surface area contributed by atoms with Gasteiger partial charge in [0.1, 0.15) is 11.7 Å². The fraction of sp³-hybridized carbons (Fsp3) is 0.833. The maximum Gasteiger partial charge on any atom is 0.308 e. The van der Waals surface area contributed by atoms with Crippen molar-refractivity contribution in [2.24, 2.45) is 11.8 Å². The molecule has 0 spiro atoms. The third kappa shape index (κ3) is 5.73. The highest BCUT2D eigenvalue weighted by Crippen LogP contribution is 2.39. The minimum atomic E-state index is -0.286. The Labute approximate surface area is 135 Å². The first-order valence-electron chi connectivity index (χ1n) is 8.55. The van der Waals surface area contributed by atoms with E-state index in [0.29, 0.717) is 11.8 Å². The van der Waals surface area contributed by atoms with Gasteiger partial charge in [0.25, 0.3) is 0 Å². The third-order valence-corrected chi connectivity index (χ3v) is 4.57. The van der Waals surface area contributed by atoms with Crippen molar-refractivity contribution in [2.75, 3.05) is 7.11 Å². The molecule has 128 valence electrons. The van der Waals surface area contributed by atoms with Gasteiger partial charge in [-0.2, -0.15) is 0 Å². The van der Waals surface area contributed by atoms with Crippen LogP contribution in [0.1, 0.15) is 66.2 Å². The fourth-order valence-corrected chi connectivity index (χ4v) is 3.18. The van der Waals surface area contributed by atoms with Crippen molar-refractivity contribution in [3.8, 4) is 0 Å². The van der Waals surface area contributed by atoms with Crippen molar-refractivity contribution in [3.05, 3.63) is 12.2 Å². The Bertz CT molecular complexity index is 366. The van der Waals surface area contributed by atoms with Crippen LogP contribution >= 0.6 is 0 Å². The summed E-state index contributed by atoms with van der Waals surface area (Å²) in [5.74, 6) is 0.585. The Morgan fingerprint density at radius 3 is 2.68 bits per heavy atom. The molecule has 1 heterocycles. The summed E-state index contributed by atoms with van der Waals surface area (Å²) < 4.78 is 4.74. The number of ether oxygens (including phenoxy) is 1. The summed E-state index contributed by atoms with van der Waals surface area (Å²) in [5, 5.41) is 0. The lowest BCUT2D eigenvalue weighted by molar-refractivity contribution is -0.419. The lowest BCUT2D eigenvalue weighted by atomic mass is 9.79. The standard InChI is InChI=1S/C18H32O4/c1-6-9-10-14(7-2)12-18(4)13-15(8-3)16(21-22-18)11-17(19)20-5/h9-10,14-16H,6-8,11-13H2,1-5H3/b10-9+. The monoisotopic (exact) mass is 312 g/mol. The molecular formula is C18H32O4. The van der Waals surface area contributed by atoms with E-state index in [-0.39, 0.29) is 24.1 Å². The zero-order valence-electron chi connectivity index (χ0n) is 14.8. The van der Waals surface area contributed by atoms with E-state index in [2.05, 4.69) is 39.8 Å². The van der Waals surface area contributed by atoms with Crippen LogP contribution in [0, 0.1) is 11.8 Å². The van der Waals surface area contributed by atoms with Crippen molar-refractivity contribution in [1.29, 1.82) is 0 Å². The molecule has 1 aliphatic rings. The molecular weight excluding hydrogens is 280 g/mol. The van der Waals surface area contributed by atoms with Crippen LogP contribution in [0.15, 0.2) is 12.2 Å². The van der Waals surface area contributed by atoms with Gasteiger partial charge in [-0.25, -0.2) is 9.78 Å². The quantitative estimate of drug-likeness (QED) is 0.378. The van der Waals surface area contributed by atoms with Crippen LogP contribution in [0.4, 0.5) is 0 Å². The maximum absolute atomic E-state index is 11.5. The number of hydrogen-bond donors (Lipinski definition) is 0. The van der Waals surface area contributed by atoms with E-state index in [1.54, 1.807) is 0 Å². The van der Waals surface area contributed by atoms with E-state index in [4.69, 9.17) is 14.5 Å². The van der Waals surface area contributed by atoms with Crippen LogP contribution in [0.3, 0.4) is 0 Å². The highest BCUT2D eigenvalue weighted by atomic mass is 17.2. The topological polar surface area (TPSA) is 44.8 Å². The minimum Gasteiger partial charge on any atom is -0.469 e. The van der Waals surface area contributed by atoms with Gasteiger partial charge in [0.15, 0.2) is 0 Å². The van der Waals surface area contributed by atoms with E-state index in [1.807, 2.05) is 0 Å². The van der Waals surface area contributed by atoms with E-state index >= 15 is 0 Å². The average Bonchev–Trinajstić information content (AvgIpc) is 2.53. The molecule has 1 aliphatic heterocycles. The predicted octanol–water partition coefficient (Wildman–Crippen LogP) is 4.44. The second kappa shape index (κ2) is 9.31. The number of methoxy groups -OCH3 is 1. The highest BCUT2D eigenvalue weighted by molar-refractivity contribution is 5.69. The summed E-state index contributed by atoms with van der Waals surface area (Å²) >= 11 is 0. The van der Waals surface area contributed by atoms with Gasteiger partial charge in [-0.15, -0.1) is 0 Å². The normalized spacial score (nSPS) is 30.4. The van der Waals surface area contributed by atoms with Crippen molar-refractivity contribution < 1.29 is 19.3 Å². The first-order chi connectivity index (χ1) is 10.5. The van der Waals surface area contributed by atoms with Crippen LogP contribution < -0.4 is 0 Å². The predicted molar refractivity (Wildman–Crippen MR) is 87.2 cm³/mol. The molecule has 0 aromatic carbocycles. The highest BCUT2D eigenvalue weighted by Gasteiger charge is 2.41. The molecule has 1 saturated heterocycles. The van der Waals surface area contributed by atoms with Gasteiger partial charge in [0, 0.05) is 0 Å². The Kier molecular flexibility index (Phi) is 8.12. The van der Waals surface area contributed by atoms with E-state index in [0.717, 1.165) is 32.1 Å². The van der Waals surface area contributed by atoms with Crippen LogP contribution in [0.25, 0.3) is 0 Å². The second-order valence-electron chi connectivity index (χ2n) is 6.53. The van der Waals surface area contributed by atoms with Crippen LogP contribution in [0.2, 0.25) is 0 Å². The first kappa shape index (κ1) is 19.2. The molecule has 4 atom stereocenters. The van der Waals surface area contributed by atoms with Gasteiger partial charge < -0.3 is 4.74 Å². The van der Waals surface area contributed by atoms with Crippen molar-refractivity contribution in [1.82, 2.24) is 0 Å². The lowest BCUT2D eigenvalue weighted by Crippen LogP contribution is -2.45. The molecule has 4 nitrogen and oxygen atoms in total. The summed E-state index contributed by atoms with van der Waals surface area (Å²) in [6.45, 7) is 8.61. The molecule has 4 unspecified atom stereocenters. The van der Waals surface area contributed by atoms with Gasteiger partial charge in [-0.1, -0.05) is 39.3 Å². The van der Waals surface area contributed by atoms with Gasteiger partial charge in [-0.3, -0.25) is 4.79 Å². The number of allylic oxidation sites excluding steroid dienone is 2. The summed E-state index contributed by atoms with van der Waals surface area (Å²) in [4.78, 5) is 22.8. The molecule has 0 aliphatic carbocycles. The largest absolute Gasteiger partial charge is 0.469 e. The first-order valence-corrected chi connectivity index (χ1v) is 8.55. The van der Waals surface area contributed by atoms with Gasteiger partial charge in [-0.05, 0) is 44.4 Å².